The topological polar surface area (TPSA) is 0 Å². The molecule has 0 aromatic rings. The molecule has 2 unspecified atom stereocenters. The molecule has 1 fully saturated rings. The number of hydrogen-bond acceptors (Lipinski definition) is 0. The van der Waals surface area contributed by atoms with Crippen LogP contribution in [0.3, 0.4) is 0 Å². The smallest absolute Gasteiger partial charge is 0.0119 e. The van der Waals surface area contributed by atoms with Gasteiger partial charge in [0, 0.05) is 0 Å². The second-order valence-electron chi connectivity index (χ2n) is 4.67. The third kappa shape index (κ3) is 1.04. The van der Waals surface area contributed by atoms with Crippen molar-refractivity contribution in [2.75, 3.05) is 0 Å². The molecule has 68 valence electrons. The minimum Gasteiger partial charge on any atom is -0.0814 e. The Labute approximate surface area is 80.0 Å². The second kappa shape index (κ2) is 2.60. The van der Waals surface area contributed by atoms with E-state index in [2.05, 4.69) is 25.2 Å². The van der Waals surface area contributed by atoms with Crippen molar-refractivity contribution in [3.63, 3.8) is 0 Å². The first kappa shape index (κ1) is 7.61. The van der Waals surface area contributed by atoms with E-state index in [9.17, 15) is 0 Å². The lowest BCUT2D eigenvalue weighted by Crippen LogP contribution is -2.20. The maximum Gasteiger partial charge on any atom is -0.0119 e. The van der Waals surface area contributed by atoms with E-state index >= 15 is 0 Å². The summed E-state index contributed by atoms with van der Waals surface area (Å²) in [4.78, 5) is 0. The zero-order valence-electron chi connectivity index (χ0n) is 8.22. The largest absolute Gasteiger partial charge is 0.0814 e. The van der Waals surface area contributed by atoms with Crippen LogP contribution in [0.25, 0.3) is 0 Å². The molecule has 0 nitrogen and oxygen atoms in total. The minimum atomic E-state index is 0.796. The summed E-state index contributed by atoms with van der Waals surface area (Å²) < 4.78 is 0. The van der Waals surface area contributed by atoms with Gasteiger partial charge in [0.05, 0.1) is 0 Å². The molecule has 0 saturated heterocycles. The van der Waals surface area contributed by atoms with Gasteiger partial charge in [0.15, 0.2) is 0 Å². The van der Waals surface area contributed by atoms with Gasteiger partial charge in [-0.3, -0.25) is 0 Å². The van der Waals surface area contributed by atoms with Crippen LogP contribution in [0.4, 0.5) is 0 Å². The highest BCUT2D eigenvalue weighted by atomic mass is 14.3. The summed E-state index contributed by atoms with van der Waals surface area (Å²) in [5, 5.41) is 0. The molecule has 0 N–H and O–H groups in total. The zero-order valence-corrected chi connectivity index (χ0v) is 8.22. The van der Waals surface area contributed by atoms with E-state index in [0.717, 1.165) is 11.8 Å². The Morgan fingerprint density at radius 2 is 2.23 bits per heavy atom. The molecule has 0 aliphatic heterocycles. The number of hydrogen-bond donors (Lipinski definition) is 0. The van der Waals surface area contributed by atoms with E-state index in [4.69, 9.17) is 0 Å². The maximum absolute atomic E-state index is 2.48. The van der Waals surface area contributed by atoms with Crippen LogP contribution in [0.15, 0.2) is 34.9 Å². The van der Waals surface area contributed by atoms with E-state index in [1.165, 1.54) is 25.7 Å². The van der Waals surface area contributed by atoms with Gasteiger partial charge >= 0.3 is 0 Å². The van der Waals surface area contributed by atoms with E-state index in [1.807, 2.05) is 0 Å². The summed E-state index contributed by atoms with van der Waals surface area (Å²) in [6, 6.07) is 0. The number of fused-ring (bicyclic) bond motifs is 2. The molecular formula is C13H16. The lowest BCUT2D eigenvalue weighted by molar-refractivity contribution is 0.466. The van der Waals surface area contributed by atoms with Crippen molar-refractivity contribution in [3.8, 4) is 0 Å². The van der Waals surface area contributed by atoms with E-state index in [0.29, 0.717) is 0 Å². The van der Waals surface area contributed by atoms with Gasteiger partial charge in [-0.2, -0.15) is 0 Å². The third-order valence-electron chi connectivity index (χ3n) is 3.73. The SMILES string of the molecule is CC1C=CC2=C3CCC3=CCC2C1. The van der Waals surface area contributed by atoms with Crippen molar-refractivity contribution in [2.45, 2.75) is 32.6 Å². The van der Waals surface area contributed by atoms with Gasteiger partial charge in [-0.05, 0) is 54.2 Å². The van der Waals surface area contributed by atoms with Crippen molar-refractivity contribution in [2.24, 2.45) is 11.8 Å². The highest BCUT2D eigenvalue weighted by Gasteiger charge is 2.29. The van der Waals surface area contributed by atoms with Crippen LogP contribution in [0.5, 0.6) is 0 Å². The molecule has 0 heteroatoms. The quantitative estimate of drug-likeness (QED) is 0.523. The van der Waals surface area contributed by atoms with Gasteiger partial charge in [0.1, 0.15) is 0 Å². The van der Waals surface area contributed by atoms with Crippen LogP contribution >= 0.6 is 0 Å². The second-order valence-corrected chi connectivity index (χ2v) is 4.67. The molecular weight excluding hydrogens is 156 g/mol. The molecule has 0 radical (unpaired) electrons. The molecule has 3 aliphatic carbocycles. The Morgan fingerprint density at radius 3 is 3.00 bits per heavy atom. The predicted octanol–water partition coefficient (Wildman–Crippen LogP) is 3.62. The third-order valence-corrected chi connectivity index (χ3v) is 3.73. The van der Waals surface area contributed by atoms with Crippen LogP contribution in [-0.2, 0) is 0 Å². The summed E-state index contributed by atoms with van der Waals surface area (Å²) in [5.41, 5.74) is 5.03. The number of rotatable bonds is 0. The Morgan fingerprint density at radius 1 is 1.31 bits per heavy atom. The molecule has 0 aromatic heterocycles. The van der Waals surface area contributed by atoms with Gasteiger partial charge in [-0.25, -0.2) is 0 Å². The molecule has 0 amide bonds. The molecule has 0 spiro atoms. The van der Waals surface area contributed by atoms with Crippen molar-refractivity contribution in [3.05, 3.63) is 34.9 Å². The van der Waals surface area contributed by atoms with Crippen molar-refractivity contribution in [1.82, 2.24) is 0 Å². The molecule has 0 aromatic carbocycles. The maximum atomic E-state index is 2.48. The first-order valence-electron chi connectivity index (χ1n) is 5.45. The average molecular weight is 172 g/mol. The number of allylic oxidation sites excluding steroid dienone is 6. The van der Waals surface area contributed by atoms with E-state index in [-0.39, 0.29) is 0 Å². The Bertz CT molecular complexity index is 328. The van der Waals surface area contributed by atoms with Gasteiger partial charge in [0.2, 0.25) is 0 Å². The molecule has 1 saturated carbocycles. The fourth-order valence-corrected chi connectivity index (χ4v) is 2.86. The lowest BCUT2D eigenvalue weighted by atomic mass is 9.69. The highest BCUT2D eigenvalue weighted by Crippen LogP contribution is 2.46. The molecule has 0 heterocycles. The first-order chi connectivity index (χ1) is 6.34. The minimum absolute atomic E-state index is 0.796. The van der Waals surface area contributed by atoms with E-state index < -0.39 is 0 Å². The van der Waals surface area contributed by atoms with Crippen molar-refractivity contribution >= 4 is 0 Å². The predicted molar refractivity (Wildman–Crippen MR) is 55.4 cm³/mol. The molecule has 13 heavy (non-hydrogen) atoms. The van der Waals surface area contributed by atoms with Gasteiger partial charge in [0.25, 0.3) is 0 Å². The van der Waals surface area contributed by atoms with Gasteiger partial charge in [-0.15, -0.1) is 0 Å². The summed E-state index contributed by atoms with van der Waals surface area (Å²) >= 11 is 0. The monoisotopic (exact) mass is 172 g/mol. The van der Waals surface area contributed by atoms with Crippen LogP contribution in [0.1, 0.15) is 32.6 Å². The average Bonchev–Trinajstić information content (AvgIpc) is 2.06. The van der Waals surface area contributed by atoms with E-state index in [1.54, 1.807) is 16.7 Å². The first-order valence-corrected chi connectivity index (χ1v) is 5.45. The molecule has 2 atom stereocenters. The fraction of sp³-hybridized carbons (Fsp3) is 0.538. The standard InChI is InChI=1S/C13H16/c1-9-2-6-13-11(8-9)4-3-10-5-7-12(10)13/h2-3,6,9,11H,4-5,7-8H2,1H3. The summed E-state index contributed by atoms with van der Waals surface area (Å²) in [7, 11) is 0. The lowest BCUT2D eigenvalue weighted by Gasteiger charge is -2.36. The van der Waals surface area contributed by atoms with Gasteiger partial charge < -0.3 is 0 Å². The van der Waals surface area contributed by atoms with Crippen molar-refractivity contribution in [1.29, 1.82) is 0 Å². The highest BCUT2D eigenvalue weighted by molar-refractivity contribution is 5.51. The zero-order chi connectivity index (χ0) is 8.84. The van der Waals surface area contributed by atoms with Crippen LogP contribution in [0, 0.1) is 11.8 Å². The normalized spacial score (nSPS) is 36.2. The Kier molecular flexibility index (Phi) is 1.52. The van der Waals surface area contributed by atoms with Crippen LogP contribution in [0.2, 0.25) is 0 Å². The van der Waals surface area contributed by atoms with Crippen molar-refractivity contribution < 1.29 is 0 Å². The summed E-state index contributed by atoms with van der Waals surface area (Å²) in [6.07, 6.45) is 12.6. The molecule has 0 bridgehead atoms. The van der Waals surface area contributed by atoms with Gasteiger partial charge in [-0.1, -0.05) is 25.2 Å². The van der Waals surface area contributed by atoms with Crippen LogP contribution in [-0.4, -0.2) is 0 Å². The Balaban J connectivity index is 2.02. The summed E-state index contributed by atoms with van der Waals surface area (Å²) in [6.45, 7) is 2.33. The summed E-state index contributed by atoms with van der Waals surface area (Å²) in [5.74, 6) is 1.66. The fourth-order valence-electron chi connectivity index (χ4n) is 2.86. The molecule has 3 aliphatic rings. The molecule has 3 rings (SSSR count). The Hall–Kier alpha value is -0.780. The van der Waals surface area contributed by atoms with Crippen LogP contribution < -0.4 is 0 Å².